The summed E-state index contributed by atoms with van der Waals surface area (Å²) in [5, 5.41) is 3.57. The molecule has 2 rings (SSSR count). The average molecular weight is 231 g/mol. The molecule has 0 heterocycles. The SMILES string of the molecule is CCCNC(C)CCc1ccccc1C1CC1. The fraction of sp³-hybridized carbons (Fsp3) is 0.625. The summed E-state index contributed by atoms with van der Waals surface area (Å²) in [4.78, 5) is 0. The lowest BCUT2D eigenvalue weighted by molar-refractivity contribution is 0.513. The number of hydrogen-bond donors (Lipinski definition) is 1. The first-order valence-electron chi connectivity index (χ1n) is 7.12. The zero-order valence-corrected chi connectivity index (χ0v) is 11.2. The van der Waals surface area contributed by atoms with E-state index in [-0.39, 0.29) is 0 Å². The fourth-order valence-electron chi connectivity index (χ4n) is 2.42. The third-order valence-corrected chi connectivity index (χ3v) is 3.66. The second kappa shape index (κ2) is 6.20. The molecule has 0 amide bonds. The third-order valence-electron chi connectivity index (χ3n) is 3.66. The van der Waals surface area contributed by atoms with Crippen LogP contribution < -0.4 is 5.32 Å². The molecular formula is C16H25N. The van der Waals surface area contributed by atoms with Crippen LogP contribution in [0.15, 0.2) is 24.3 Å². The van der Waals surface area contributed by atoms with E-state index in [1.165, 1.54) is 32.1 Å². The highest BCUT2D eigenvalue weighted by Crippen LogP contribution is 2.41. The van der Waals surface area contributed by atoms with Crippen LogP contribution in [-0.2, 0) is 6.42 Å². The minimum absolute atomic E-state index is 0.641. The monoisotopic (exact) mass is 231 g/mol. The first-order valence-corrected chi connectivity index (χ1v) is 7.12. The molecule has 94 valence electrons. The Kier molecular flexibility index (Phi) is 4.61. The van der Waals surface area contributed by atoms with Crippen LogP contribution in [0.4, 0.5) is 0 Å². The Bertz CT molecular complexity index is 341. The summed E-state index contributed by atoms with van der Waals surface area (Å²) in [5.74, 6) is 0.880. The smallest absolute Gasteiger partial charge is 0.00418 e. The van der Waals surface area contributed by atoms with Gasteiger partial charge >= 0.3 is 0 Å². The maximum Gasteiger partial charge on any atom is 0.00418 e. The maximum absolute atomic E-state index is 3.57. The lowest BCUT2D eigenvalue weighted by Crippen LogP contribution is -2.27. The summed E-state index contributed by atoms with van der Waals surface area (Å²) in [6.45, 7) is 5.67. The Labute approximate surface area is 106 Å². The van der Waals surface area contributed by atoms with E-state index in [0.717, 1.165) is 12.5 Å². The van der Waals surface area contributed by atoms with Crippen molar-refractivity contribution in [1.29, 1.82) is 0 Å². The molecule has 1 heteroatoms. The van der Waals surface area contributed by atoms with Gasteiger partial charge in [0.2, 0.25) is 0 Å². The van der Waals surface area contributed by atoms with E-state index in [2.05, 4.69) is 43.4 Å². The van der Waals surface area contributed by atoms with Gasteiger partial charge in [0.1, 0.15) is 0 Å². The predicted molar refractivity (Wildman–Crippen MR) is 74.5 cm³/mol. The average Bonchev–Trinajstić information content (AvgIpc) is 3.18. The second-order valence-electron chi connectivity index (χ2n) is 5.37. The van der Waals surface area contributed by atoms with E-state index < -0.39 is 0 Å². The second-order valence-corrected chi connectivity index (χ2v) is 5.37. The molecule has 1 aromatic rings. The molecule has 0 spiro atoms. The summed E-state index contributed by atoms with van der Waals surface area (Å²) in [5.41, 5.74) is 3.20. The van der Waals surface area contributed by atoms with Crippen molar-refractivity contribution >= 4 is 0 Å². The van der Waals surface area contributed by atoms with Gasteiger partial charge in [-0.05, 0) is 62.6 Å². The molecule has 1 aromatic carbocycles. The van der Waals surface area contributed by atoms with Crippen molar-refractivity contribution < 1.29 is 0 Å². The number of aryl methyl sites for hydroxylation is 1. The van der Waals surface area contributed by atoms with Crippen LogP contribution >= 0.6 is 0 Å². The Morgan fingerprint density at radius 2 is 2.06 bits per heavy atom. The zero-order valence-electron chi connectivity index (χ0n) is 11.2. The van der Waals surface area contributed by atoms with Crippen LogP contribution in [0.25, 0.3) is 0 Å². The topological polar surface area (TPSA) is 12.0 Å². The predicted octanol–water partition coefficient (Wildman–Crippen LogP) is 3.88. The van der Waals surface area contributed by atoms with Gasteiger partial charge in [-0.25, -0.2) is 0 Å². The van der Waals surface area contributed by atoms with Gasteiger partial charge in [-0.3, -0.25) is 0 Å². The maximum atomic E-state index is 3.57. The zero-order chi connectivity index (χ0) is 12.1. The van der Waals surface area contributed by atoms with Crippen LogP contribution in [0, 0.1) is 0 Å². The molecule has 0 radical (unpaired) electrons. The van der Waals surface area contributed by atoms with Crippen LogP contribution in [0.5, 0.6) is 0 Å². The van der Waals surface area contributed by atoms with Gasteiger partial charge in [0.05, 0.1) is 0 Å². The van der Waals surface area contributed by atoms with Crippen LogP contribution in [0.3, 0.4) is 0 Å². The minimum Gasteiger partial charge on any atom is -0.314 e. The highest BCUT2D eigenvalue weighted by Gasteiger charge is 2.25. The van der Waals surface area contributed by atoms with Gasteiger partial charge in [0.15, 0.2) is 0 Å². The normalized spacial score (nSPS) is 17.1. The van der Waals surface area contributed by atoms with Crippen molar-refractivity contribution in [3.05, 3.63) is 35.4 Å². The molecule has 0 saturated heterocycles. The van der Waals surface area contributed by atoms with E-state index in [9.17, 15) is 0 Å². The number of hydrogen-bond acceptors (Lipinski definition) is 1. The van der Waals surface area contributed by atoms with Crippen molar-refractivity contribution in [2.45, 2.75) is 57.9 Å². The molecule has 1 unspecified atom stereocenters. The van der Waals surface area contributed by atoms with Crippen molar-refractivity contribution in [2.24, 2.45) is 0 Å². The summed E-state index contributed by atoms with van der Waals surface area (Å²) < 4.78 is 0. The Morgan fingerprint density at radius 1 is 1.29 bits per heavy atom. The molecule has 1 saturated carbocycles. The molecule has 17 heavy (non-hydrogen) atoms. The van der Waals surface area contributed by atoms with E-state index in [0.29, 0.717) is 6.04 Å². The van der Waals surface area contributed by atoms with Crippen molar-refractivity contribution in [2.75, 3.05) is 6.54 Å². The third kappa shape index (κ3) is 3.85. The van der Waals surface area contributed by atoms with Crippen molar-refractivity contribution in [3.8, 4) is 0 Å². The van der Waals surface area contributed by atoms with E-state index in [4.69, 9.17) is 0 Å². The van der Waals surface area contributed by atoms with Gasteiger partial charge in [-0.15, -0.1) is 0 Å². The van der Waals surface area contributed by atoms with Gasteiger partial charge in [-0.2, -0.15) is 0 Å². The summed E-state index contributed by atoms with van der Waals surface area (Å²) in [7, 11) is 0. The van der Waals surface area contributed by atoms with Crippen molar-refractivity contribution in [3.63, 3.8) is 0 Å². The van der Waals surface area contributed by atoms with Gasteiger partial charge in [0.25, 0.3) is 0 Å². The number of rotatable bonds is 7. The highest BCUT2D eigenvalue weighted by molar-refractivity contribution is 5.33. The first kappa shape index (κ1) is 12.6. The Balaban J connectivity index is 1.85. The van der Waals surface area contributed by atoms with E-state index >= 15 is 0 Å². The van der Waals surface area contributed by atoms with Gasteiger partial charge < -0.3 is 5.32 Å². The lowest BCUT2D eigenvalue weighted by atomic mass is 9.98. The van der Waals surface area contributed by atoms with Crippen molar-refractivity contribution in [1.82, 2.24) is 5.32 Å². The number of benzene rings is 1. The van der Waals surface area contributed by atoms with E-state index in [1.807, 2.05) is 0 Å². The van der Waals surface area contributed by atoms with Crippen LogP contribution in [0.1, 0.15) is 56.6 Å². The molecule has 0 bridgehead atoms. The molecule has 1 aliphatic carbocycles. The molecule has 1 N–H and O–H groups in total. The lowest BCUT2D eigenvalue weighted by Gasteiger charge is -2.14. The minimum atomic E-state index is 0.641. The summed E-state index contributed by atoms with van der Waals surface area (Å²) in [6, 6.07) is 9.67. The fourth-order valence-corrected chi connectivity index (χ4v) is 2.42. The van der Waals surface area contributed by atoms with E-state index in [1.54, 1.807) is 11.1 Å². The summed E-state index contributed by atoms with van der Waals surface area (Å²) in [6.07, 6.45) is 6.51. The molecule has 1 aliphatic rings. The molecule has 1 fully saturated rings. The van der Waals surface area contributed by atoms with Gasteiger partial charge in [-0.1, -0.05) is 31.2 Å². The molecule has 0 aromatic heterocycles. The quantitative estimate of drug-likeness (QED) is 0.751. The molecule has 1 atom stereocenters. The first-order chi connectivity index (χ1) is 8.31. The van der Waals surface area contributed by atoms with Crippen LogP contribution in [0.2, 0.25) is 0 Å². The standard InChI is InChI=1S/C16H25N/c1-3-12-17-13(2)8-9-14-6-4-5-7-16(14)15-10-11-15/h4-7,13,15,17H,3,8-12H2,1-2H3. The Hall–Kier alpha value is -0.820. The number of nitrogens with one attached hydrogen (secondary N) is 1. The largest absolute Gasteiger partial charge is 0.314 e. The molecule has 0 aliphatic heterocycles. The van der Waals surface area contributed by atoms with Gasteiger partial charge in [0, 0.05) is 6.04 Å². The highest BCUT2D eigenvalue weighted by atomic mass is 14.9. The molecular weight excluding hydrogens is 206 g/mol. The van der Waals surface area contributed by atoms with Crippen LogP contribution in [-0.4, -0.2) is 12.6 Å². The molecule has 1 nitrogen and oxygen atoms in total. The Morgan fingerprint density at radius 3 is 2.76 bits per heavy atom. The summed E-state index contributed by atoms with van der Waals surface area (Å²) >= 11 is 0.